The highest BCUT2D eigenvalue weighted by Gasteiger charge is 2.07. The first kappa shape index (κ1) is 13.7. The molecule has 0 aromatic heterocycles. The van der Waals surface area contributed by atoms with Gasteiger partial charge in [0.15, 0.2) is 0 Å². The molecule has 98 valence electrons. The van der Waals surface area contributed by atoms with Crippen molar-refractivity contribution >= 4 is 17.5 Å². The molecular weight excluding hydrogens is 256 g/mol. The van der Waals surface area contributed by atoms with Crippen LogP contribution in [-0.2, 0) is 11.2 Å². The molecule has 2 rings (SSSR count). The van der Waals surface area contributed by atoms with Crippen molar-refractivity contribution in [1.82, 2.24) is 0 Å². The topological polar surface area (TPSA) is 26.3 Å². The molecule has 0 aliphatic heterocycles. The van der Waals surface area contributed by atoms with Crippen LogP contribution in [0.1, 0.15) is 5.56 Å². The molecule has 0 N–H and O–H groups in total. The number of carbonyl (C=O) groups excluding carboxylic acids is 1. The summed E-state index contributed by atoms with van der Waals surface area (Å²) in [5, 5.41) is 0. The van der Waals surface area contributed by atoms with Gasteiger partial charge in [0.1, 0.15) is 11.5 Å². The Balaban J connectivity index is 1.90. The van der Waals surface area contributed by atoms with E-state index in [-0.39, 0.29) is 5.78 Å². The van der Waals surface area contributed by atoms with Crippen molar-refractivity contribution in [2.45, 2.75) is 11.3 Å². The van der Waals surface area contributed by atoms with Crippen LogP contribution >= 0.6 is 11.8 Å². The van der Waals surface area contributed by atoms with Crippen LogP contribution in [0.15, 0.2) is 59.5 Å². The van der Waals surface area contributed by atoms with Crippen LogP contribution in [0.3, 0.4) is 0 Å². The van der Waals surface area contributed by atoms with Crippen LogP contribution in [-0.4, -0.2) is 18.6 Å². The van der Waals surface area contributed by atoms with Crippen LogP contribution in [0, 0.1) is 0 Å². The van der Waals surface area contributed by atoms with E-state index in [4.69, 9.17) is 4.74 Å². The van der Waals surface area contributed by atoms with E-state index in [1.807, 2.05) is 54.6 Å². The Morgan fingerprint density at radius 2 is 1.74 bits per heavy atom. The van der Waals surface area contributed by atoms with Crippen LogP contribution in [0.4, 0.5) is 0 Å². The van der Waals surface area contributed by atoms with Crippen molar-refractivity contribution in [3.63, 3.8) is 0 Å². The fraction of sp³-hybridized carbons (Fsp3) is 0.188. The van der Waals surface area contributed by atoms with E-state index in [2.05, 4.69) is 0 Å². The minimum atomic E-state index is 0.224. The Hall–Kier alpha value is -1.74. The molecule has 2 aromatic rings. The fourth-order valence-electron chi connectivity index (χ4n) is 1.77. The zero-order valence-corrected chi connectivity index (χ0v) is 11.7. The summed E-state index contributed by atoms with van der Waals surface area (Å²) in [6, 6.07) is 17.6. The Labute approximate surface area is 117 Å². The first-order chi connectivity index (χ1) is 9.29. The molecule has 0 aliphatic carbocycles. The number of hydrogen-bond acceptors (Lipinski definition) is 3. The molecule has 0 unspecified atom stereocenters. The third-order valence-electron chi connectivity index (χ3n) is 2.70. The highest BCUT2D eigenvalue weighted by Crippen LogP contribution is 2.28. The number of para-hydroxylation sites is 1. The van der Waals surface area contributed by atoms with Gasteiger partial charge in [-0.2, -0.15) is 0 Å². The lowest BCUT2D eigenvalue weighted by molar-refractivity contribution is -0.116. The first-order valence-electron chi connectivity index (χ1n) is 6.11. The van der Waals surface area contributed by atoms with Gasteiger partial charge in [0.05, 0.1) is 12.9 Å². The molecule has 0 saturated heterocycles. The smallest absolute Gasteiger partial charge is 0.147 e. The highest BCUT2D eigenvalue weighted by molar-refractivity contribution is 8.00. The standard InChI is InChI=1S/C16H16O2S/c1-18-15-9-5-6-10-16(15)19-12-14(17)11-13-7-3-2-4-8-13/h2-10H,11-12H2,1H3. The molecule has 0 bridgehead atoms. The average molecular weight is 272 g/mol. The maximum Gasteiger partial charge on any atom is 0.147 e. The minimum absolute atomic E-state index is 0.224. The highest BCUT2D eigenvalue weighted by atomic mass is 32.2. The van der Waals surface area contributed by atoms with Gasteiger partial charge in [0, 0.05) is 11.3 Å². The molecule has 0 fully saturated rings. The van der Waals surface area contributed by atoms with E-state index < -0.39 is 0 Å². The average Bonchev–Trinajstić information content (AvgIpc) is 2.46. The number of methoxy groups -OCH3 is 1. The number of benzene rings is 2. The summed E-state index contributed by atoms with van der Waals surface area (Å²) < 4.78 is 5.26. The van der Waals surface area contributed by atoms with Gasteiger partial charge in [-0.3, -0.25) is 4.79 Å². The fourth-order valence-corrected chi connectivity index (χ4v) is 2.66. The van der Waals surface area contributed by atoms with Crippen molar-refractivity contribution in [1.29, 1.82) is 0 Å². The van der Waals surface area contributed by atoms with Crippen LogP contribution < -0.4 is 4.74 Å². The second-order valence-corrected chi connectivity index (χ2v) is 5.16. The van der Waals surface area contributed by atoms with Gasteiger partial charge in [-0.15, -0.1) is 11.8 Å². The molecule has 0 aliphatic rings. The molecule has 0 atom stereocenters. The SMILES string of the molecule is COc1ccccc1SCC(=O)Cc1ccccc1. The van der Waals surface area contributed by atoms with E-state index in [1.54, 1.807) is 7.11 Å². The molecule has 2 nitrogen and oxygen atoms in total. The van der Waals surface area contributed by atoms with E-state index >= 15 is 0 Å². The molecular formula is C16H16O2S. The molecule has 0 saturated carbocycles. The second kappa shape index (κ2) is 7.00. The lowest BCUT2D eigenvalue weighted by Gasteiger charge is -2.07. The van der Waals surface area contributed by atoms with Crippen molar-refractivity contribution in [3.8, 4) is 5.75 Å². The summed E-state index contributed by atoms with van der Waals surface area (Å²) in [5.74, 6) is 1.51. The van der Waals surface area contributed by atoms with Crippen LogP contribution in [0.25, 0.3) is 0 Å². The molecule has 0 radical (unpaired) electrons. The largest absolute Gasteiger partial charge is 0.496 e. The number of rotatable bonds is 6. The Morgan fingerprint density at radius 3 is 2.47 bits per heavy atom. The van der Waals surface area contributed by atoms with Gasteiger partial charge in [0.25, 0.3) is 0 Å². The van der Waals surface area contributed by atoms with Gasteiger partial charge in [0.2, 0.25) is 0 Å². The zero-order valence-electron chi connectivity index (χ0n) is 10.8. The minimum Gasteiger partial charge on any atom is -0.496 e. The zero-order chi connectivity index (χ0) is 13.5. The predicted octanol–water partition coefficient (Wildman–Crippen LogP) is 3.60. The molecule has 19 heavy (non-hydrogen) atoms. The Morgan fingerprint density at radius 1 is 1.05 bits per heavy atom. The summed E-state index contributed by atoms with van der Waals surface area (Å²) >= 11 is 1.52. The van der Waals surface area contributed by atoms with Gasteiger partial charge in [-0.25, -0.2) is 0 Å². The van der Waals surface area contributed by atoms with Crippen LogP contribution in [0.5, 0.6) is 5.75 Å². The molecule has 0 spiro atoms. The monoisotopic (exact) mass is 272 g/mol. The molecule has 3 heteroatoms. The van der Waals surface area contributed by atoms with E-state index in [0.717, 1.165) is 16.2 Å². The van der Waals surface area contributed by atoms with Gasteiger partial charge in [-0.1, -0.05) is 42.5 Å². The van der Waals surface area contributed by atoms with Gasteiger partial charge < -0.3 is 4.74 Å². The number of ketones is 1. The number of hydrogen-bond donors (Lipinski definition) is 0. The van der Waals surface area contributed by atoms with Gasteiger partial charge >= 0.3 is 0 Å². The Bertz CT molecular complexity index is 537. The quantitative estimate of drug-likeness (QED) is 0.752. The first-order valence-corrected chi connectivity index (χ1v) is 7.09. The third-order valence-corrected chi connectivity index (χ3v) is 3.82. The van der Waals surface area contributed by atoms with Crippen LogP contribution in [0.2, 0.25) is 0 Å². The number of carbonyl (C=O) groups is 1. The van der Waals surface area contributed by atoms with Crippen molar-refractivity contribution in [2.24, 2.45) is 0 Å². The molecule has 0 heterocycles. The second-order valence-electron chi connectivity index (χ2n) is 4.14. The number of Topliss-reactive ketones (excluding diaryl/α,β-unsaturated/α-hetero) is 1. The van der Waals surface area contributed by atoms with E-state index in [9.17, 15) is 4.79 Å². The van der Waals surface area contributed by atoms with Crippen molar-refractivity contribution in [3.05, 3.63) is 60.2 Å². The van der Waals surface area contributed by atoms with E-state index in [1.165, 1.54) is 11.8 Å². The summed E-state index contributed by atoms with van der Waals surface area (Å²) in [7, 11) is 1.64. The lowest BCUT2D eigenvalue weighted by atomic mass is 10.1. The summed E-state index contributed by atoms with van der Waals surface area (Å²) in [5.41, 5.74) is 1.06. The normalized spacial score (nSPS) is 10.2. The maximum absolute atomic E-state index is 11.9. The maximum atomic E-state index is 11.9. The van der Waals surface area contributed by atoms with Crippen molar-refractivity contribution in [2.75, 3.05) is 12.9 Å². The summed E-state index contributed by atoms with van der Waals surface area (Å²) in [4.78, 5) is 12.9. The summed E-state index contributed by atoms with van der Waals surface area (Å²) in [6.45, 7) is 0. The van der Waals surface area contributed by atoms with Crippen molar-refractivity contribution < 1.29 is 9.53 Å². The lowest BCUT2D eigenvalue weighted by Crippen LogP contribution is -2.05. The summed E-state index contributed by atoms with van der Waals surface area (Å²) in [6.07, 6.45) is 0.489. The van der Waals surface area contributed by atoms with Gasteiger partial charge in [-0.05, 0) is 17.7 Å². The molecule has 2 aromatic carbocycles. The number of ether oxygens (including phenoxy) is 1. The predicted molar refractivity (Wildman–Crippen MR) is 78.9 cm³/mol. The Kier molecular flexibility index (Phi) is 5.04. The van der Waals surface area contributed by atoms with E-state index in [0.29, 0.717) is 12.2 Å². The number of thioether (sulfide) groups is 1. The molecule has 0 amide bonds. The third kappa shape index (κ3) is 4.14.